The molecule has 380 valence electrons. The highest BCUT2D eigenvalue weighted by Crippen LogP contribution is 2.28. The van der Waals surface area contributed by atoms with Gasteiger partial charge in [0.1, 0.15) is 0 Å². The van der Waals surface area contributed by atoms with Gasteiger partial charge in [0, 0.05) is 103 Å². The molecular formula is C47H57N9O12S3. The number of benzene rings is 2. The van der Waals surface area contributed by atoms with E-state index in [9.17, 15) is 44.4 Å². The summed E-state index contributed by atoms with van der Waals surface area (Å²) in [4.78, 5) is 54.8. The Bertz CT molecular complexity index is 3160. The second-order valence-electron chi connectivity index (χ2n) is 18.1. The van der Waals surface area contributed by atoms with E-state index in [-0.39, 0.29) is 63.7 Å². The molecule has 3 aliphatic rings. The van der Waals surface area contributed by atoms with Crippen LogP contribution in [0.15, 0.2) is 73.1 Å². The fourth-order valence-electron chi connectivity index (χ4n) is 7.92. The Labute approximate surface area is 413 Å². The van der Waals surface area contributed by atoms with Crippen molar-refractivity contribution >= 4 is 59.3 Å². The second kappa shape index (κ2) is 21.5. The van der Waals surface area contributed by atoms with Crippen LogP contribution in [-0.4, -0.2) is 139 Å². The van der Waals surface area contributed by atoms with Gasteiger partial charge in [0.15, 0.2) is 29.2 Å². The lowest BCUT2D eigenvalue weighted by Crippen LogP contribution is -2.50. The minimum absolute atomic E-state index is 0.000939. The molecular weight excluding hydrogens is 979 g/mol. The number of hydroxylamine groups is 2. The molecule has 1 fully saturated rings. The Morgan fingerprint density at radius 2 is 1.06 bits per heavy atom. The molecule has 4 aromatic rings. The Morgan fingerprint density at radius 3 is 1.42 bits per heavy atom. The average Bonchev–Trinajstić information content (AvgIpc) is 4.08. The fourth-order valence-corrected chi connectivity index (χ4v) is 10.0. The Kier molecular flexibility index (Phi) is 16.3. The van der Waals surface area contributed by atoms with E-state index in [0.717, 1.165) is 72.8 Å². The molecule has 0 radical (unpaired) electrons. The molecule has 0 unspecified atom stereocenters. The normalized spacial score (nSPS) is 16.5. The van der Waals surface area contributed by atoms with E-state index in [4.69, 9.17) is 16.1 Å². The van der Waals surface area contributed by atoms with Crippen LogP contribution in [0.5, 0.6) is 0 Å². The number of hydrogen-bond donors (Lipinski definition) is 6. The van der Waals surface area contributed by atoms with Crippen LogP contribution < -0.4 is 26.3 Å². The number of sulfone groups is 2. The SMILES string of the molecule is C[C@@](CCN1Cc2cc(C#Cc3ccc(CNS(C)(=O)=O)cc3)cn2C1=O)(C(=O)NO)S(C)(=O)=O.C[C@@](CCN1Cc2cc(C#Cc3ccc(N4CCC(N)CC4)cc3)cn2C1=O)(C(=O)NO)S(C)(=O)=O. The molecule has 5 heterocycles. The molecule has 0 saturated carbocycles. The first-order valence-corrected chi connectivity index (χ1v) is 27.9. The van der Waals surface area contributed by atoms with Gasteiger partial charge in [-0.25, -0.2) is 50.5 Å². The van der Waals surface area contributed by atoms with E-state index in [1.807, 2.05) is 18.2 Å². The van der Waals surface area contributed by atoms with Crippen LogP contribution in [0.3, 0.4) is 0 Å². The molecule has 71 heavy (non-hydrogen) atoms. The molecule has 4 amide bonds. The highest BCUT2D eigenvalue weighted by Gasteiger charge is 2.45. The van der Waals surface area contributed by atoms with Crippen LogP contribution in [0.1, 0.15) is 78.7 Å². The number of carbonyl (C=O) groups is 4. The van der Waals surface area contributed by atoms with Crippen LogP contribution in [0, 0.1) is 23.7 Å². The van der Waals surface area contributed by atoms with Gasteiger partial charge in [-0.15, -0.1) is 0 Å². The number of nitrogens with zero attached hydrogens (tertiary/aromatic N) is 5. The smallest absolute Gasteiger partial charge is 0.328 e. The molecule has 0 bridgehead atoms. The van der Waals surface area contributed by atoms with E-state index in [1.54, 1.807) is 42.7 Å². The van der Waals surface area contributed by atoms with Gasteiger partial charge in [-0.1, -0.05) is 35.8 Å². The maximum atomic E-state index is 12.8. The van der Waals surface area contributed by atoms with E-state index < -0.39 is 51.0 Å². The van der Waals surface area contributed by atoms with E-state index >= 15 is 0 Å². The first-order valence-electron chi connectivity index (χ1n) is 22.2. The summed E-state index contributed by atoms with van der Waals surface area (Å²) in [7, 11) is -11.0. The number of amides is 4. The second-order valence-corrected chi connectivity index (χ2v) is 24.9. The number of fused-ring (bicyclic) bond motifs is 2. The van der Waals surface area contributed by atoms with Crippen molar-refractivity contribution in [3.63, 3.8) is 0 Å². The third-order valence-electron chi connectivity index (χ3n) is 12.9. The van der Waals surface area contributed by atoms with Crippen LogP contribution in [-0.2, 0) is 58.9 Å². The largest absolute Gasteiger partial charge is 0.371 e. The third kappa shape index (κ3) is 12.7. The first kappa shape index (κ1) is 53.8. The van der Waals surface area contributed by atoms with Crippen molar-refractivity contribution in [2.75, 3.05) is 49.8 Å². The van der Waals surface area contributed by atoms with Gasteiger partial charge in [-0.3, -0.25) is 29.1 Å². The molecule has 1 saturated heterocycles. The zero-order chi connectivity index (χ0) is 52.1. The van der Waals surface area contributed by atoms with Gasteiger partial charge < -0.3 is 20.4 Å². The summed E-state index contributed by atoms with van der Waals surface area (Å²) in [5.41, 5.74) is 15.1. The van der Waals surface area contributed by atoms with Crippen molar-refractivity contribution in [1.82, 2.24) is 34.6 Å². The molecule has 21 nitrogen and oxygen atoms in total. The number of aromatic nitrogens is 2. The van der Waals surface area contributed by atoms with Crippen molar-refractivity contribution in [3.05, 3.63) is 112 Å². The van der Waals surface area contributed by atoms with Gasteiger partial charge in [0.25, 0.3) is 11.8 Å². The minimum atomic E-state index is -3.86. The predicted molar refractivity (Wildman–Crippen MR) is 263 cm³/mol. The topological polar surface area (TPSA) is 293 Å². The van der Waals surface area contributed by atoms with Gasteiger partial charge in [0.05, 0.1) is 19.3 Å². The van der Waals surface area contributed by atoms with Gasteiger partial charge in [0.2, 0.25) is 10.0 Å². The van der Waals surface area contributed by atoms with Crippen molar-refractivity contribution in [2.24, 2.45) is 5.73 Å². The van der Waals surface area contributed by atoms with Crippen molar-refractivity contribution in [3.8, 4) is 23.7 Å². The molecule has 0 spiro atoms. The van der Waals surface area contributed by atoms with Crippen molar-refractivity contribution in [1.29, 1.82) is 0 Å². The summed E-state index contributed by atoms with van der Waals surface area (Å²) >= 11 is 0. The highest BCUT2D eigenvalue weighted by molar-refractivity contribution is 7.93. The summed E-state index contributed by atoms with van der Waals surface area (Å²) in [5, 5.41) is 17.9. The molecule has 2 aromatic carbocycles. The van der Waals surface area contributed by atoms with E-state index in [0.29, 0.717) is 16.8 Å². The summed E-state index contributed by atoms with van der Waals surface area (Å²) in [6.45, 7) is 5.07. The molecule has 24 heteroatoms. The molecule has 2 aromatic heterocycles. The lowest BCUT2D eigenvalue weighted by atomic mass is 10.1. The van der Waals surface area contributed by atoms with Gasteiger partial charge >= 0.3 is 12.1 Å². The predicted octanol–water partition coefficient (Wildman–Crippen LogP) is 1.72. The summed E-state index contributed by atoms with van der Waals surface area (Å²) in [5.74, 6) is 10.1. The van der Waals surface area contributed by atoms with Crippen LogP contribution >= 0.6 is 0 Å². The zero-order valence-electron chi connectivity index (χ0n) is 39.8. The molecule has 7 rings (SSSR count). The minimum Gasteiger partial charge on any atom is -0.371 e. The average molecular weight is 1040 g/mol. The highest BCUT2D eigenvalue weighted by atomic mass is 32.2. The maximum Gasteiger partial charge on any atom is 0.328 e. The maximum absolute atomic E-state index is 12.8. The monoisotopic (exact) mass is 1040 g/mol. The number of rotatable bonds is 14. The number of nitrogens with one attached hydrogen (secondary N) is 3. The third-order valence-corrected chi connectivity index (χ3v) is 17.7. The first-order chi connectivity index (χ1) is 33.2. The lowest BCUT2D eigenvalue weighted by molar-refractivity contribution is -0.132. The van der Waals surface area contributed by atoms with Crippen LogP contribution in [0.2, 0.25) is 0 Å². The number of nitrogens with two attached hydrogens (primary N) is 1. The summed E-state index contributed by atoms with van der Waals surface area (Å²) < 4.78 is 72.5. The van der Waals surface area contributed by atoms with E-state index in [1.165, 1.54) is 43.7 Å². The van der Waals surface area contributed by atoms with Crippen molar-refractivity contribution in [2.45, 2.75) is 74.7 Å². The number of carbonyl (C=O) groups excluding carboxylic acids is 4. The number of hydrogen-bond acceptors (Lipinski definition) is 14. The zero-order valence-corrected chi connectivity index (χ0v) is 42.2. The number of sulfonamides is 1. The van der Waals surface area contributed by atoms with Gasteiger partial charge in [-0.05, 0) is 93.6 Å². The molecule has 0 aliphatic carbocycles. The Balaban J connectivity index is 0.000000233. The fraction of sp³-hybridized carbons (Fsp3) is 0.404. The van der Waals surface area contributed by atoms with Crippen molar-refractivity contribution < 1.29 is 54.8 Å². The lowest BCUT2D eigenvalue weighted by Gasteiger charge is -2.32. The summed E-state index contributed by atoms with van der Waals surface area (Å²) in [6, 6.07) is 18.3. The Morgan fingerprint density at radius 1 is 0.662 bits per heavy atom. The molecule has 7 N–H and O–H groups in total. The number of piperidine rings is 1. The van der Waals surface area contributed by atoms with Gasteiger partial charge in [-0.2, -0.15) is 0 Å². The quantitative estimate of drug-likeness (QED) is 0.0596. The molecule has 3 aliphatic heterocycles. The standard InChI is InChI=1S/C25H31N5O5S.C22H26N4O7S2/c1-25(23(31)27-33,36(2,34)35)11-14-29-17-22-15-19(16-30(22)24(29)32)4-3-18-5-7-21(8-6-18)28-12-9-20(26)10-13-28;1-22(20(27)24-29,34(2,30)31)10-11-25-15-19-12-18(14-26(19)21(25)28)9-6-16-4-7-17(8-5-16)13-23-35(3,32)33/h5-8,15-16,20,33H,9-14,17,26H2,1-2H3,(H,27,31);4-5,7-8,12,14,23,29H,10-11,13,15H2,1-3H3,(H,24,27)/t25-;22-/m11/s1. The summed E-state index contributed by atoms with van der Waals surface area (Å²) in [6.07, 6.45) is 7.82. The molecule has 2 atom stereocenters. The van der Waals surface area contributed by atoms with Crippen LogP contribution in [0.4, 0.5) is 15.3 Å². The number of anilines is 1. The van der Waals surface area contributed by atoms with Crippen LogP contribution in [0.25, 0.3) is 0 Å². The van der Waals surface area contributed by atoms with E-state index in [2.05, 4.69) is 45.4 Å². The Hall–Kier alpha value is -6.51.